The van der Waals surface area contributed by atoms with Gasteiger partial charge in [-0.15, -0.1) is 17.6 Å². The van der Waals surface area contributed by atoms with Crippen LogP contribution in [-0.2, 0) is 37.5 Å². The van der Waals surface area contributed by atoms with Crippen LogP contribution in [0, 0.1) is 29.8 Å². The molecule has 1 aliphatic carbocycles. The predicted octanol–water partition coefficient (Wildman–Crippen LogP) is 2.03. The molecule has 0 amide bonds. The Hall–Kier alpha value is -0.386. The van der Waals surface area contributed by atoms with Gasteiger partial charge in [-0.1, -0.05) is 18.8 Å². The summed E-state index contributed by atoms with van der Waals surface area (Å²) < 4.78 is 0. The molecule has 0 aromatic carbocycles. The van der Waals surface area contributed by atoms with E-state index in [1.165, 1.54) is 0 Å². The van der Waals surface area contributed by atoms with E-state index in [1.54, 1.807) is 13.0 Å². The molecule has 2 unspecified atom stereocenters. The maximum atomic E-state index is 10.5. The van der Waals surface area contributed by atoms with Crippen LogP contribution >= 0.6 is 0 Å². The summed E-state index contributed by atoms with van der Waals surface area (Å²) in [5.74, 6) is 5.15. The Morgan fingerprint density at radius 2 is 2.33 bits per heavy atom. The van der Waals surface area contributed by atoms with Gasteiger partial charge in [0.15, 0.2) is 0 Å². The normalized spacial score (nSPS) is 23.2. The van der Waals surface area contributed by atoms with Crippen LogP contribution < -0.4 is 0 Å². The van der Waals surface area contributed by atoms with E-state index in [2.05, 4.69) is 17.9 Å². The Labute approximate surface area is 116 Å². The fourth-order valence-corrected chi connectivity index (χ4v) is 1.45. The Morgan fingerprint density at radius 1 is 1.67 bits per heavy atom. The van der Waals surface area contributed by atoms with Gasteiger partial charge >= 0.3 is 5.97 Å². The van der Waals surface area contributed by atoms with Gasteiger partial charge in [-0.25, -0.2) is 6.08 Å². The number of carbonyl (C=O) groups is 1. The van der Waals surface area contributed by atoms with Gasteiger partial charge in [-0.05, 0) is 6.92 Å². The van der Waals surface area contributed by atoms with Crippen molar-refractivity contribution in [2.75, 3.05) is 0 Å². The van der Waals surface area contributed by atoms with Crippen LogP contribution in [0.3, 0.4) is 0 Å². The first-order valence-corrected chi connectivity index (χ1v) is 4.59. The predicted molar refractivity (Wildman–Crippen MR) is 54.3 cm³/mol. The van der Waals surface area contributed by atoms with Gasteiger partial charge in [0, 0.05) is 39.1 Å². The van der Waals surface area contributed by atoms with Gasteiger partial charge in [0.05, 0.1) is 0 Å². The van der Waals surface area contributed by atoms with Crippen LogP contribution in [0.4, 0.5) is 0 Å². The minimum absolute atomic E-state index is 0. The average Bonchev–Trinajstić information content (AvgIpc) is 2.10. The van der Waals surface area contributed by atoms with Crippen molar-refractivity contribution >= 4 is 5.97 Å². The van der Waals surface area contributed by atoms with Crippen molar-refractivity contribution in [3.63, 3.8) is 0 Å². The maximum Gasteiger partial charge on any atom is 0.302 e. The number of hydrogen-bond donors (Lipinski definition) is 1. The SMILES string of the molecule is CC#CC1=CC(C)C(CC(=O)O)[C-]=C1.[Y]. The number of carboxylic acids is 1. The topological polar surface area (TPSA) is 37.3 Å². The second-order valence-electron chi connectivity index (χ2n) is 3.37. The fourth-order valence-electron chi connectivity index (χ4n) is 1.45. The van der Waals surface area contributed by atoms with E-state index in [-0.39, 0.29) is 51.0 Å². The van der Waals surface area contributed by atoms with Crippen molar-refractivity contribution in [3.05, 3.63) is 23.8 Å². The molecule has 15 heavy (non-hydrogen) atoms. The average molecular weight is 278 g/mol. The molecule has 0 saturated heterocycles. The van der Waals surface area contributed by atoms with E-state index in [9.17, 15) is 4.79 Å². The molecule has 2 atom stereocenters. The molecule has 0 heterocycles. The van der Waals surface area contributed by atoms with Gasteiger partial charge in [0.2, 0.25) is 0 Å². The quantitative estimate of drug-likeness (QED) is 0.620. The van der Waals surface area contributed by atoms with Crippen molar-refractivity contribution in [1.29, 1.82) is 0 Å². The Kier molecular flexibility index (Phi) is 6.80. The smallest absolute Gasteiger partial charge is 0.302 e. The first-order valence-electron chi connectivity index (χ1n) is 4.59. The zero-order chi connectivity index (χ0) is 10.6. The van der Waals surface area contributed by atoms with Crippen molar-refractivity contribution < 1.29 is 42.6 Å². The summed E-state index contributed by atoms with van der Waals surface area (Å²) >= 11 is 0. The second kappa shape index (κ2) is 6.98. The van der Waals surface area contributed by atoms with E-state index in [0.29, 0.717) is 0 Å². The molecule has 2 nitrogen and oxygen atoms in total. The van der Waals surface area contributed by atoms with E-state index >= 15 is 0 Å². The van der Waals surface area contributed by atoms with Gasteiger partial charge in [-0.3, -0.25) is 10.9 Å². The Morgan fingerprint density at radius 3 is 2.80 bits per heavy atom. The molecule has 0 aromatic rings. The zero-order valence-electron chi connectivity index (χ0n) is 8.95. The zero-order valence-corrected chi connectivity index (χ0v) is 11.8. The van der Waals surface area contributed by atoms with Crippen molar-refractivity contribution in [2.24, 2.45) is 11.8 Å². The van der Waals surface area contributed by atoms with Crippen LogP contribution in [0.1, 0.15) is 20.3 Å². The molecular formula is C12H13O2Y-. The maximum absolute atomic E-state index is 10.5. The summed E-state index contributed by atoms with van der Waals surface area (Å²) in [5.41, 5.74) is 0.932. The third kappa shape index (κ3) is 4.77. The molecule has 1 aliphatic rings. The third-order valence-corrected chi connectivity index (χ3v) is 2.19. The van der Waals surface area contributed by atoms with E-state index in [0.717, 1.165) is 5.57 Å². The number of hydrogen-bond acceptors (Lipinski definition) is 1. The Bertz CT molecular complexity index is 344. The minimum atomic E-state index is -0.777. The number of rotatable bonds is 2. The van der Waals surface area contributed by atoms with Crippen LogP contribution in [0.2, 0.25) is 0 Å². The summed E-state index contributed by atoms with van der Waals surface area (Å²) in [4.78, 5) is 10.5. The number of carboxylic acid groups (broad SMARTS) is 1. The summed E-state index contributed by atoms with van der Waals surface area (Å²) in [6, 6.07) is 0. The monoisotopic (exact) mass is 278 g/mol. The molecule has 0 saturated carbocycles. The van der Waals surface area contributed by atoms with Gasteiger partial charge in [-0.2, -0.15) is 5.92 Å². The van der Waals surface area contributed by atoms with Crippen molar-refractivity contribution in [3.8, 4) is 11.8 Å². The van der Waals surface area contributed by atoms with Gasteiger partial charge in [0.25, 0.3) is 0 Å². The minimum Gasteiger partial charge on any atom is -0.481 e. The van der Waals surface area contributed by atoms with Crippen LogP contribution in [-0.4, -0.2) is 11.1 Å². The molecular weight excluding hydrogens is 265 g/mol. The van der Waals surface area contributed by atoms with Crippen molar-refractivity contribution in [2.45, 2.75) is 20.3 Å². The molecule has 1 rings (SSSR count). The molecule has 0 aliphatic heterocycles. The summed E-state index contributed by atoms with van der Waals surface area (Å²) in [7, 11) is 0. The largest absolute Gasteiger partial charge is 0.481 e. The standard InChI is InChI=1S/C12H13O2.Y/c1-3-4-10-5-6-11(8-12(13)14)9(2)7-10;/h5,7,9,11H,8H2,1-2H3,(H,13,14);/q-1;. The Balaban J connectivity index is 0.00000196. The second-order valence-corrected chi connectivity index (χ2v) is 3.37. The molecule has 1 N–H and O–H groups in total. The van der Waals surface area contributed by atoms with E-state index in [4.69, 9.17) is 5.11 Å². The van der Waals surface area contributed by atoms with Crippen LogP contribution in [0.15, 0.2) is 17.7 Å². The third-order valence-electron chi connectivity index (χ3n) is 2.19. The molecule has 3 heteroatoms. The van der Waals surface area contributed by atoms with E-state index < -0.39 is 5.97 Å². The molecule has 0 bridgehead atoms. The first kappa shape index (κ1) is 14.6. The van der Waals surface area contributed by atoms with Gasteiger partial charge < -0.3 is 5.11 Å². The van der Waals surface area contributed by atoms with Crippen LogP contribution in [0.5, 0.6) is 0 Å². The van der Waals surface area contributed by atoms with Gasteiger partial charge in [0.1, 0.15) is 0 Å². The van der Waals surface area contributed by atoms with Crippen molar-refractivity contribution in [1.82, 2.24) is 0 Å². The summed E-state index contributed by atoms with van der Waals surface area (Å²) in [6.45, 7) is 3.77. The molecule has 1 radical (unpaired) electrons. The molecule has 77 valence electrons. The molecule has 0 spiro atoms. The summed E-state index contributed by atoms with van der Waals surface area (Å²) in [5, 5.41) is 8.65. The molecule has 0 aromatic heterocycles. The molecule has 0 fully saturated rings. The summed E-state index contributed by atoms with van der Waals surface area (Å²) in [6.07, 6.45) is 6.98. The van der Waals surface area contributed by atoms with Crippen LogP contribution in [0.25, 0.3) is 0 Å². The first-order chi connectivity index (χ1) is 6.63. The fraction of sp³-hybridized carbons (Fsp3) is 0.417. The number of aliphatic carboxylic acids is 1. The number of allylic oxidation sites excluding steroid dienone is 4. The van der Waals surface area contributed by atoms with E-state index in [1.807, 2.05) is 13.0 Å².